The van der Waals surface area contributed by atoms with Gasteiger partial charge in [0.15, 0.2) is 0 Å². The van der Waals surface area contributed by atoms with Gasteiger partial charge in [0.25, 0.3) is 0 Å². The van der Waals surface area contributed by atoms with Crippen molar-refractivity contribution < 1.29 is 14.0 Å². The number of rotatable bonds is 8. The number of hydrogen-bond acceptors (Lipinski definition) is 4. The summed E-state index contributed by atoms with van der Waals surface area (Å²) in [7, 11) is -0.323. The summed E-state index contributed by atoms with van der Waals surface area (Å²) in [5.41, 5.74) is 1.65. The standard InChI is InChI=1S/C20H23BBrNO3/c1-14(2)25-21(26-15(3)4)12-17-11-19(9-10-20(17)22)24-18-7-5-16(13-23)6-8-18/h5-11,14-15H,12H2,1-4H3. The molecule has 0 heterocycles. The third kappa shape index (κ3) is 6.49. The van der Waals surface area contributed by atoms with Crippen molar-refractivity contribution in [3.8, 4) is 17.6 Å². The van der Waals surface area contributed by atoms with Gasteiger partial charge in [-0.05, 0) is 75.7 Å². The summed E-state index contributed by atoms with van der Waals surface area (Å²) in [6.07, 6.45) is 0.771. The van der Waals surface area contributed by atoms with Gasteiger partial charge >= 0.3 is 7.12 Å². The third-order valence-corrected chi connectivity index (χ3v) is 4.24. The Labute approximate surface area is 164 Å². The van der Waals surface area contributed by atoms with Crippen molar-refractivity contribution in [2.75, 3.05) is 0 Å². The fourth-order valence-electron chi connectivity index (χ4n) is 2.42. The van der Waals surface area contributed by atoms with Gasteiger partial charge in [0.05, 0.1) is 11.6 Å². The van der Waals surface area contributed by atoms with Crippen molar-refractivity contribution in [2.45, 2.75) is 46.2 Å². The lowest BCUT2D eigenvalue weighted by Crippen LogP contribution is -2.32. The summed E-state index contributed by atoms with van der Waals surface area (Å²) in [5.74, 6) is 1.41. The molecule has 0 aromatic heterocycles. The first-order valence-corrected chi connectivity index (χ1v) is 9.44. The molecule has 0 saturated carbocycles. The van der Waals surface area contributed by atoms with E-state index in [0.717, 1.165) is 15.8 Å². The van der Waals surface area contributed by atoms with E-state index in [0.29, 0.717) is 17.6 Å². The number of nitriles is 1. The van der Waals surface area contributed by atoms with Gasteiger partial charge in [0, 0.05) is 23.0 Å². The summed E-state index contributed by atoms with van der Waals surface area (Å²) >= 11 is 3.59. The van der Waals surface area contributed by atoms with Crippen molar-refractivity contribution in [1.29, 1.82) is 5.26 Å². The molecule has 0 fully saturated rings. The Bertz CT molecular complexity index is 747. The highest BCUT2D eigenvalue weighted by atomic mass is 79.9. The third-order valence-electron chi connectivity index (χ3n) is 3.47. The van der Waals surface area contributed by atoms with Gasteiger partial charge in [-0.1, -0.05) is 15.9 Å². The molecule has 26 heavy (non-hydrogen) atoms. The molecule has 2 rings (SSSR count). The highest BCUT2D eigenvalue weighted by molar-refractivity contribution is 9.10. The van der Waals surface area contributed by atoms with Crippen LogP contribution in [-0.4, -0.2) is 19.3 Å². The molecule has 2 aromatic rings. The number of hydrogen-bond donors (Lipinski definition) is 0. The molecule has 0 radical (unpaired) electrons. The molecule has 0 N–H and O–H groups in total. The molecule has 136 valence electrons. The zero-order chi connectivity index (χ0) is 19.1. The van der Waals surface area contributed by atoms with Crippen LogP contribution in [-0.2, 0) is 15.6 Å². The lowest BCUT2D eigenvalue weighted by molar-refractivity contribution is 0.129. The fraction of sp³-hybridized carbons (Fsp3) is 0.350. The molecule has 0 saturated heterocycles. The first kappa shape index (κ1) is 20.5. The van der Waals surface area contributed by atoms with Crippen LogP contribution < -0.4 is 4.74 Å². The molecule has 0 aliphatic carbocycles. The van der Waals surface area contributed by atoms with Crippen LogP contribution in [0.15, 0.2) is 46.9 Å². The molecule has 2 aromatic carbocycles. The SMILES string of the molecule is CC(C)OB(Cc1cc(Oc2ccc(C#N)cc2)ccc1Br)OC(C)C. The van der Waals surface area contributed by atoms with Crippen LogP contribution in [0.25, 0.3) is 0 Å². The van der Waals surface area contributed by atoms with Crippen LogP contribution >= 0.6 is 15.9 Å². The Kier molecular flexibility index (Phi) is 7.71. The average molecular weight is 416 g/mol. The van der Waals surface area contributed by atoms with E-state index in [-0.39, 0.29) is 19.3 Å². The van der Waals surface area contributed by atoms with E-state index in [1.807, 2.05) is 45.9 Å². The van der Waals surface area contributed by atoms with E-state index in [1.54, 1.807) is 24.3 Å². The molecule has 6 heteroatoms. The van der Waals surface area contributed by atoms with Crippen LogP contribution in [0.4, 0.5) is 0 Å². The average Bonchev–Trinajstić information content (AvgIpc) is 2.57. The maximum Gasteiger partial charge on any atom is 0.461 e. The van der Waals surface area contributed by atoms with Gasteiger partial charge in [0.1, 0.15) is 11.5 Å². The smallest absolute Gasteiger partial charge is 0.457 e. The van der Waals surface area contributed by atoms with Gasteiger partial charge in [-0.25, -0.2) is 0 Å². The summed E-state index contributed by atoms with van der Waals surface area (Å²) in [5, 5.41) is 8.87. The Hall–Kier alpha value is -1.81. The second-order valence-corrected chi connectivity index (χ2v) is 7.35. The van der Waals surface area contributed by atoms with Crippen LogP contribution in [0, 0.1) is 11.3 Å². The number of ether oxygens (including phenoxy) is 1. The molecule has 0 amide bonds. The summed E-state index contributed by atoms with van der Waals surface area (Å²) in [4.78, 5) is 0. The summed E-state index contributed by atoms with van der Waals surface area (Å²) < 4.78 is 18.7. The molecular formula is C20H23BBrNO3. The Morgan fingerprint density at radius 2 is 1.54 bits per heavy atom. The van der Waals surface area contributed by atoms with Gasteiger partial charge < -0.3 is 14.0 Å². The number of benzene rings is 2. The monoisotopic (exact) mass is 415 g/mol. The summed E-state index contributed by atoms with van der Waals surface area (Å²) in [6.45, 7) is 7.98. The van der Waals surface area contributed by atoms with Crippen LogP contribution in [0.5, 0.6) is 11.5 Å². The van der Waals surface area contributed by atoms with E-state index in [9.17, 15) is 0 Å². The maximum atomic E-state index is 8.87. The number of halogens is 1. The lowest BCUT2D eigenvalue weighted by atomic mass is 9.79. The maximum absolute atomic E-state index is 8.87. The topological polar surface area (TPSA) is 51.5 Å². The predicted molar refractivity (Wildman–Crippen MR) is 107 cm³/mol. The minimum Gasteiger partial charge on any atom is -0.457 e. The molecule has 4 nitrogen and oxygen atoms in total. The Balaban J connectivity index is 2.15. The number of nitrogens with zero attached hydrogens (tertiary/aromatic N) is 1. The second-order valence-electron chi connectivity index (χ2n) is 6.49. The van der Waals surface area contributed by atoms with Crippen molar-refractivity contribution in [3.05, 3.63) is 58.1 Å². The minimum atomic E-state index is -0.323. The quantitative estimate of drug-likeness (QED) is 0.531. The molecule has 0 atom stereocenters. The molecule has 0 spiro atoms. The van der Waals surface area contributed by atoms with Crippen molar-refractivity contribution in [2.24, 2.45) is 0 Å². The van der Waals surface area contributed by atoms with Gasteiger partial charge in [-0.3, -0.25) is 0 Å². The highest BCUT2D eigenvalue weighted by Crippen LogP contribution is 2.28. The van der Waals surface area contributed by atoms with Crippen LogP contribution in [0.2, 0.25) is 0 Å². The molecule has 0 aliphatic rings. The van der Waals surface area contributed by atoms with E-state index in [4.69, 9.17) is 19.3 Å². The molecule has 0 aliphatic heterocycles. The Morgan fingerprint density at radius 3 is 2.08 bits per heavy atom. The van der Waals surface area contributed by atoms with Gasteiger partial charge in [-0.15, -0.1) is 0 Å². The van der Waals surface area contributed by atoms with E-state index >= 15 is 0 Å². The normalized spacial score (nSPS) is 10.8. The van der Waals surface area contributed by atoms with Gasteiger partial charge in [0.2, 0.25) is 0 Å². The minimum absolute atomic E-state index is 0.0793. The van der Waals surface area contributed by atoms with E-state index in [1.165, 1.54) is 0 Å². The zero-order valence-electron chi connectivity index (χ0n) is 15.5. The van der Waals surface area contributed by atoms with Crippen molar-refractivity contribution in [3.63, 3.8) is 0 Å². The van der Waals surface area contributed by atoms with Crippen LogP contribution in [0.3, 0.4) is 0 Å². The first-order valence-electron chi connectivity index (χ1n) is 8.64. The Morgan fingerprint density at radius 1 is 0.962 bits per heavy atom. The fourth-order valence-corrected chi connectivity index (χ4v) is 2.83. The van der Waals surface area contributed by atoms with Crippen LogP contribution in [0.1, 0.15) is 38.8 Å². The zero-order valence-corrected chi connectivity index (χ0v) is 17.1. The van der Waals surface area contributed by atoms with E-state index < -0.39 is 0 Å². The van der Waals surface area contributed by atoms with Gasteiger partial charge in [-0.2, -0.15) is 5.26 Å². The molecule has 0 unspecified atom stereocenters. The lowest BCUT2D eigenvalue weighted by Gasteiger charge is -2.20. The van der Waals surface area contributed by atoms with Crippen molar-refractivity contribution in [1.82, 2.24) is 0 Å². The summed E-state index contributed by atoms with van der Waals surface area (Å²) in [6, 6.07) is 15.0. The predicted octanol–water partition coefficient (Wildman–Crippen LogP) is 5.53. The van der Waals surface area contributed by atoms with Crippen molar-refractivity contribution >= 4 is 23.0 Å². The largest absolute Gasteiger partial charge is 0.461 e. The second kappa shape index (κ2) is 9.77. The first-order chi connectivity index (χ1) is 12.4. The van der Waals surface area contributed by atoms with E-state index in [2.05, 4.69) is 22.0 Å². The highest BCUT2D eigenvalue weighted by Gasteiger charge is 2.23. The molecule has 0 bridgehead atoms. The molecular weight excluding hydrogens is 393 g/mol.